The quantitative estimate of drug-likeness (QED) is 0.754. The zero-order valence-corrected chi connectivity index (χ0v) is 11.8. The zero-order valence-electron chi connectivity index (χ0n) is 11.8. The molecule has 1 aromatic heterocycles. The Bertz CT molecular complexity index is 549. The third-order valence-electron chi connectivity index (χ3n) is 3.19. The number of aryl methyl sites for hydroxylation is 1. The molecule has 1 aromatic rings. The number of carbonyl (C=O) groups excluding carboxylic acids is 1. The molecule has 1 aliphatic rings. The molecule has 2 atom stereocenters. The molecule has 8 heteroatoms. The van der Waals surface area contributed by atoms with Crippen LogP contribution in [0, 0.1) is 12.8 Å². The van der Waals surface area contributed by atoms with Gasteiger partial charge in [-0.15, -0.1) is 0 Å². The van der Waals surface area contributed by atoms with Gasteiger partial charge in [-0.05, 0) is 13.8 Å². The molecule has 2 unspecified atom stereocenters. The molecule has 8 nitrogen and oxygen atoms in total. The lowest BCUT2D eigenvalue weighted by Crippen LogP contribution is -2.33. The molecule has 1 aliphatic heterocycles. The Morgan fingerprint density at radius 2 is 2.29 bits per heavy atom. The molecule has 114 valence electrons. The van der Waals surface area contributed by atoms with Crippen molar-refractivity contribution in [1.82, 2.24) is 9.97 Å². The molecule has 0 bridgehead atoms. The number of aromatic nitrogens is 2. The van der Waals surface area contributed by atoms with Gasteiger partial charge < -0.3 is 19.9 Å². The Balaban J connectivity index is 2.10. The standard InChI is InChI=1S/C13H17N3O5/c1-3-21-12(19)8-4-14-13(15-7(8)2)16-10-6-20-5-9(10)11(17)18/h4,9-10H,3,5-6H2,1-2H3,(H,17,18)(H,14,15,16). The van der Waals surface area contributed by atoms with Gasteiger partial charge in [0.2, 0.25) is 5.95 Å². The molecule has 0 spiro atoms. The fourth-order valence-electron chi connectivity index (χ4n) is 2.05. The maximum Gasteiger partial charge on any atom is 0.341 e. The van der Waals surface area contributed by atoms with Crippen LogP contribution in [0.15, 0.2) is 6.20 Å². The Morgan fingerprint density at radius 1 is 1.52 bits per heavy atom. The van der Waals surface area contributed by atoms with Crippen molar-refractivity contribution in [3.05, 3.63) is 17.5 Å². The van der Waals surface area contributed by atoms with E-state index in [0.29, 0.717) is 11.3 Å². The van der Waals surface area contributed by atoms with Crippen LogP contribution in [-0.4, -0.2) is 52.9 Å². The molecule has 2 heterocycles. The van der Waals surface area contributed by atoms with Crippen LogP contribution in [0.5, 0.6) is 0 Å². The van der Waals surface area contributed by atoms with Gasteiger partial charge in [0.05, 0.1) is 37.1 Å². The number of carboxylic acids is 1. The van der Waals surface area contributed by atoms with Crippen molar-refractivity contribution >= 4 is 17.9 Å². The summed E-state index contributed by atoms with van der Waals surface area (Å²) in [6.45, 7) is 4.10. The third-order valence-corrected chi connectivity index (χ3v) is 3.19. The predicted octanol–water partition coefficient (Wildman–Crippen LogP) is 0.473. The van der Waals surface area contributed by atoms with E-state index in [1.165, 1.54) is 6.20 Å². The molecule has 1 fully saturated rings. The minimum absolute atomic E-state index is 0.160. The van der Waals surface area contributed by atoms with Gasteiger partial charge in [0.15, 0.2) is 0 Å². The van der Waals surface area contributed by atoms with Crippen molar-refractivity contribution in [3.63, 3.8) is 0 Å². The largest absolute Gasteiger partial charge is 0.481 e. The highest BCUT2D eigenvalue weighted by atomic mass is 16.5. The van der Waals surface area contributed by atoms with Crippen molar-refractivity contribution in [2.45, 2.75) is 19.9 Å². The number of aliphatic carboxylic acids is 1. The lowest BCUT2D eigenvalue weighted by atomic mass is 10.0. The molecular formula is C13H17N3O5. The fraction of sp³-hybridized carbons (Fsp3) is 0.538. The van der Waals surface area contributed by atoms with E-state index in [-0.39, 0.29) is 25.8 Å². The Hall–Kier alpha value is -2.22. The summed E-state index contributed by atoms with van der Waals surface area (Å²) in [7, 11) is 0. The first-order chi connectivity index (χ1) is 10.0. The highest BCUT2D eigenvalue weighted by Gasteiger charge is 2.34. The van der Waals surface area contributed by atoms with Gasteiger partial charge in [-0.3, -0.25) is 4.79 Å². The topological polar surface area (TPSA) is 111 Å². The van der Waals surface area contributed by atoms with E-state index >= 15 is 0 Å². The van der Waals surface area contributed by atoms with Crippen LogP contribution in [-0.2, 0) is 14.3 Å². The van der Waals surface area contributed by atoms with E-state index in [2.05, 4.69) is 15.3 Å². The summed E-state index contributed by atoms with van der Waals surface area (Å²) in [5.74, 6) is -1.78. The lowest BCUT2D eigenvalue weighted by Gasteiger charge is -2.16. The second kappa shape index (κ2) is 6.49. The van der Waals surface area contributed by atoms with E-state index in [1.54, 1.807) is 13.8 Å². The summed E-state index contributed by atoms with van der Waals surface area (Å²) >= 11 is 0. The Labute approximate surface area is 121 Å². The summed E-state index contributed by atoms with van der Waals surface area (Å²) in [6, 6.07) is -0.393. The van der Waals surface area contributed by atoms with E-state index in [4.69, 9.17) is 14.6 Å². The maximum absolute atomic E-state index is 11.6. The molecule has 21 heavy (non-hydrogen) atoms. The number of carbonyl (C=O) groups is 2. The van der Waals surface area contributed by atoms with Crippen LogP contribution in [0.1, 0.15) is 23.0 Å². The number of nitrogens with zero attached hydrogens (tertiary/aromatic N) is 2. The van der Waals surface area contributed by atoms with E-state index in [9.17, 15) is 9.59 Å². The molecule has 1 saturated heterocycles. The van der Waals surface area contributed by atoms with Gasteiger partial charge in [-0.2, -0.15) is 0 Å². The molecule has 0 aliphatic carbocycles. The second-order valence-corrected chi connectivity index (χ2v) is 4.65. The highest BCUT2D eigenvalue weighted by Crippen LogP contribution is 2.18. The van der Waals surface area contributed by atoms with Gasteiger partial charge in [0, 0.05) is 6.20 Å². The molecular weight excluding hydrogens is 278 g/mol. The number of rotatable bonds is 5. The lowest BCUT2D eigenvalue weighted by molar-refractivity contribution is -0.141. The third kappa shape index (κ3) is 3.46. The summed E-state index contributed by atoms with van der Waals surface area (Å²) in [5, 5.41) is 12.0. The Morgan fingerprint density at radius 3 is 2.90 bits per heavy atom. The van der Waals surface area contributed by atoms with E-state index < -0.39 is 23.9 Å². The monoisotopic (exact) mass is 295 g/mol. The smallest absolute Gasteiger partial charge is 0.341 e. The van der Waals surface area contributed by atoms with Gasteiger partial charge in [-0.1, -0.05) is 0 Å². The first-order valence-electron chi connectivity index (χ1n) is 6.60. The zero-order chi connectivity index (χ0) is 15.4. The molecule has 0 aromatic carbocycles. The van der Waals surface area contributed by atoms with Crippen LogP contribution in [0.2, 0.25) is 0 Å². The predicted molar refractivity (Wildman–Crippen MR) is 72.1 cm³/mol. The van der Waals surface area contributed by atoms with E-state index in [0.717, 1.165) is 0 Å². The van der Waals surface area contributed by atoms with Gasteiger partial charge >= 0.3 is 11.9 Å². The number of ether oxygens (including phenoxy) is 2. The first-order valence-corrected chi connectivity index (χ1v) is 6.60. The number of anilines is 1. The van der Waals surface area contributed by atoms with Crippen LogP contribution < -0.4 is 5.32 Å². The van der Waals surface area contributed by atoms with Crippen molar-refractivity contribution in [3.8, 4) is 0 Å². The van der Waals surface area contributed by atoms with Crippen LogP contribution in [0.25, 0.3) is 0 Å². The SMILES string of the molecule is CCOC(=O)c1cnc(NC2COCC2C(=O)O)nc1C. The molecule has 0 saturated carbocycles. The molecule has 0 radical (unpaired) electrons. The summed E-state index contributed by atoms with van der Waals surface area (Å²) in [5.41, 5.74) is 0.761. The molecule has 0 amide bonds. The number of hydrogen-bond acceptors (Lipinski definition) is 7. The van der Waals surface area contributed by atoms with Crippen molar-refractivity contribution in [2.24, 2.45) is 5.92 Å². The van der Waals surface area contributed by atoms with Crippen LogP contribution >= 0.6 is 0 Å². The van der Waals surface area contributed by atoms with Crippen molar-refractivity contribution in [1.29, 1.82) is 0 Å². The first kappa shape index (κ1) is 15.2. The minimum atomic E-state index is -0.926. The average molecular weight is 295 g/mol. The van der Waals surface area contributed by atoms with Crippen LogP contribution in [0.3, 0.4) is 0 Å². The molecule has 2 rings (SSSR count). The normalized spacial score (nSPS) is 21.0. The maximum atomic E-state index is 11.6. The average Bonchev–Trinajstić information content (AvgIpc) is 2.87. The number of nitrogens with one attached hydrogen (secondary N) is 1. The number of esters is 1. The number of carboxylic acid groups (broad SMARTS) is 1. The fourth-order valence-corrected chi connectivity index (χ4v) is 2.05. The number of hydrogen-bond donors (Lipinski definition) is 2. The summed E-state index contributed by atoms with van der Waals surface area (Å²) < 4.78 is 10.0. The van der Waals surface area contributed by atoms with Crippen molar-refractivity contribution < 1.29 is 24.2 Å². The summed E-state index contributed by atoms with van der Waals surface area (Å²) in [6.07, 6.45) is 1.37. The Kier molecular flexibility index (Phi) is 4.69. The van der Waals surface area contributed by atoms with Gasteiger partial charge in [0.25, 0.3) is 0 Å². The van der Waals surface area contributed by atoms with E-state index in [1.807, 2.05) is 0 Å². The summed E-state index contributed by atoms with van der Waals surface area (Å²) in [4.78, 5) is 30.9. The van der Waals surface area contributed by atoms with Crippen LogP contribution in [0.4, 0.5) is 5.95 Å². The van der Waals surface area contributed by atoms with Crippen molar-refractivity contribution in [2.75, 3.05) is 25.1 Å². The van der Waals surface area contributed by atoms with Gasteiger partial charge in [-0.25, -0.2) is 14.8 Å². The minimum Gasteiger partial charge on any atom is -0.481 e. The molecule has 2 N–H and O–H groups in total. The second-order valence-electron chi connectivity index (χ2n) is 4.65. The van der Waals surface area contributed by atoms with Gasteiger partial charge in [0.1, 0.15) is 5.92 Å². The highest BCUT2D eigenvalue weighted by molar-refractivity contribution is 5.90.